The molecule has 0 aliphatic heterocycles. The van der Waals surface area contributed by atoms with Gasteiger partial charge in [0.05, 0.1) is 27.0 Å². The number of carbonyl (C=O) groups is 2. The van der Waals surface area contributed by atoms with Gasteiger partial charge in [0.2, 0.25) is 0 Å². The van der Waals surface area contributed by atoms with Gasteiger partial charge in [-0.3, -0.25) is 4.79 Å². The van der Waals surface area contributed by atoms with Gasteiger partial charge in [-0.25, -0.2) is 9.18 Å². The largest absolute Gasteiger partial charge is 0.507 e. The Balaban J connectivity index is 1.40. The van der Waals surface area contributed by atoms with Crippen LogP contribution in [0.2, 0.25) is 10.0 Å². The molecule has 4 aromatic rings. The fourth-order valence-electron chi connectivity index (χ4n) is 3.94. The molecule has 1 heterocycles. The highest BCUT2D eigenvalue weighted by molar-refractivity contribution is 6.40. The van der Waals surface area contributed by atoms with E-state index >= 15 is 0 Å². The van der Waals surface area contributed by atoms with Gasteiger partial charge in [-0.15, -0.1) is 0 Å². The van der Waals surface area contributed by atoms with Crippen LogP contribution >= 0.6 is 23.2 Å². The van der Waals surface area contributed by atoms with E-state index in [4.69, 9.17) is 23.2 Å². The Morgan fingerprint density at radius 1 is 1.03 bits per heavy atom. The third-order valence-corrected chi connectivity index (χ3v) is 6.63. The van der Waals surface area contributed by atoms with E-state index < -0.39 is 11.9 Å². The minimum absolute atomic E-state index is 0.0625. The van der Waals surface area contributed by atoms with Crippen LogP contribution in [0, 0.1) is 5.82 Å². The van der Waals surface area contributed by atoms with Crippen LogP contribution in [0.3, 0.4) is 0 Å². The monoisotopic (exact) mass is 538 g/mol. The molecule has 1 aromatic heterocycles. The molecule has 10 heteroatoms. The van der Waals surface area contributed by atoms with Crippen molar-refractivity contribution in [2.24, 2.45) is 0 Å². The first-order valence-electron chi connectivity index (χ1n) is 11.5. The molecule has 0 spiro atoms. The molecular formula is C27H21Cl2FN4O3. The molecule has 1 fully saturated rings. The zero-order valence-corrected chi connectivity index (χ0v) is 20.9. The normalized spacial score (nSPS) is 12.8. The Hall–Kier alpha value is -3.88. The highest BCUT2D eigenvalue weighted by Gasteiger charge is 2.31. The molecule has 188 valence electrons. The topological polar surface area (TPSA) is 96.2 Å². The van der Waals surface area contributed by atoms with E-state index in [9.17, 15) is 19.1 Å². The average Bonchev–Trinajstić information content (AvgIpc) is 3.62. The predicted molar refractivity (Wildman–Crippen MR) is 140 cm³/mol. The highest BCUT2D eigenvalue weighted by atomic mass is 35.5. The van der Waals surface area contributed by atoms with Crippen molar-refractivity contribution in [1.29, 1.82) is 0 Å². The van der Waals surface area contributed by atoms with E-state index in [0.717, 1.165) is 24.1 Å². The van der Waals surface area contributed by atoms with Gasteiger partial charge in [0, 0.05) is 23.7 Å². The van der Waals surface area contributed by atoms with Crippen molar-refractivity contribution in [3.8, 4) is 17.0 Å². The second-order valence-electron chi connectivity index (χ2n) is 8.71. The lowest BCUT2D eigenvalue weighted by atomic mass is 10.1. The minimum atomic E-state index is -0.503. The zero-order valence-electron chi connectivity index (χ0n) is 19.3. The number of rotatable bonds is 6. The Kier molecular flexibility index (Phi) is 6.86. The van der Waals surface area contributed by atoms with Crippen LogP contribution in [-0.2, 0) is 6.54 Å². The summed E-state index contributed by atoms with van der Waals surface area (Å²) in [5, 5.41) is 21.0. The fourth-order valence-corrected chi connectivity index (χ4v) is 4.51. The maximum absolute atomic E-state index is 13.2. The number of nitrogens with zero attached hydrogens (tertiary/aromatic N) is 2. The van der Waals surface area contributed by atoms with Crippen LogP contribution in [0.5, 0.6) is 5.75 Å². The van der Waals surface area contributed by atoms with Crippen LogP contribution in [0.25, 0.3) is 11.3 Å². The molecule has 0 bridgehead atoms. The van der Waals surface area contributed by atoms with E-state index in [0.29, 0.717) is 16.9 Å². The number of phenols is 1. The van der Waals surface area contributed by atoms with Gasteiger partial charge in [-0.2, -0.15) is 9.78 Å². The number of benzene rings is 3. The van der Waals surface area contributed by atoms with Gasteiger partial charge in [0.25, 0.3) is 5.91 Å². The smallest absolute Gasteiger partial charge is 0.342 e. The molecule has 0 radical (unpaired) electrons. The molecule has 37 heavy (non-hydrogen) atoms. The summed E-state index contributed by atoms with van der Waals surface area (Å²) in [5.41, 5.74) is 2.71. The second-order valence-corrected chi connectivity index (χ2v) is 9.52. The number of carbonyl (C=O) groups excluding carboxylic acids is 2. The van der Waals surface area contributed by atoms with E-state index in [1.807, 2.05) is 0 Å². The van der Waals surface area contributed by atoms with Crippen LogP contribution in [-0.4, -0.2) is 26.8 Å². The van der Waals surface area contributed by atoms with Crippen molar-refractivity contribution in [3.63, 3.8) is 0 Å². The Morgan fingerprint density at radius 3 is 2.41 bits per heavy atom. The van der Waals surface area contributed by atoms with Crippen LogP contribution in [0.1, 0.15) is 40.4 Å². The van der Waals surface area contributed by atoms with Crippen LogP contribution < -0.4 is 10.6 Å². The summed E-state index contributed by atoms with van der Waals surface area (Å²) in [6.45, 7) is 0.204. The summed E-state index contributed by atoms with van der Waals surface area (Å²) >= 11 is 12.3. The van der Waals surface area contributed by atoms with Crippen LogP contribution in [0.4, 0.5) is 14.9 Å². The Labute approximate surface area is 221 Å². The molecule has 7 nitrogen and oxygen atoms in total. The van der Waals surface area contributed by atoms with Gasteiger partial charge in [-0.1, -0.05) is 41.4 Å². The molecule has 1 aliphatic carbocycles. The third-order valence-electron chi connectivity index (χ3n) is 6.00. The molecule has 5 rings (SSSR count). The summed E-state index contributed by atoms with van der Waals surface area (Å²) in [5.74, 6) is -0.731. The number of halogens is 3. The van der Waals surface area contributed by atoms with E-state index in [1.165, 1.54) is 28.9 Å². The summed E-state index contributed by atoms with van der Waals surface area (Å²) in [7, 11) is 0. The summed E-state index contributed by atoms with van der Waals surface area (Å²) in [6, 6.07) is 16.5. The number of hydrogen-bond donors (Lipinski definition) is 3. The lowest BCUT2D eigenvalue weighted by Crippen LogP contribution is -2.30. The predicted octanol–water partition coefficient (Wildman–Crippen LogP) is 6.59. The summed E-state index contributed by atoms with van der Waals surface area (Å²) < 4.78 is 14.5. The van der Waals surface area contributed by atoms with Crippen molar-refractivity contribution < 1.29 is 19.1 Å². The molecule has 0 saturated heterocycles. The third kappa shape index (κ3) is 5.45. The zero-order chi connectivity index (χ0) is 26.1. The first kappa shape index (κ1) is 24.8. The van der Waals surface area contributed by atoms with E-state index in [1.54, 1.807) is 42.5 Å². The van der Waals surface area contributed by atoms with E-state index in [-0.39, 0.29) is 39.6 Å². The van der Waals surface area contributed by atoms with Gasteiger partial charge in [0.1, 0.15) is 11.6 Å². The van der Waals surface area contributed by atoms with Crippen LogP contribution in [0.15, 0.2) is 66.7 Å². The first-order chi connectivity index (χ1) is 17.8. The summed E-state index contributed by atoms with van der Waals surface area (Å²) in [4.78, 5) is 25.8. The molecular weight excluding hydrogens is 518 g/mol. The van der Waals surface area contributed by atoms with Crippen molar-refractivity contribution >= 4 is 40.8 Å². The lowest BCUT2D eigenvalue weighted by molar-refractivity contribution is 0.102. The molecule has 0 atom stereocenters. The molecule has 3 aromatic carbocycles. The number of nitrogens with one attached hydrogen (secondary N) is 2. The number of aromatic hydroxyl groups is 1. The first-order valence-corrected chi connectivity index (χ1v) is 12.3. The van der Waals surface area contributed by atoms with Gasteiger partial charge >= 0.3 is 6.03 Å². The Bertz CT molecular complexity index is 1480. The maximum atomic E-state index is 13.2. The number of aromatic nitrogens is 2. The van der Waals surface area contributed by atoms with Gasteiger partial charge < -0.3 is 15.7 Å². The quantitative estimate of drug-likeness (QED) is 0.241. The minimum Gasteiger partial charge on any atom is -0.507 e. The standard InChI is InChI=1S/C27H21Cl2FN4O3/c28-20-2-1-3-21(29)25(20)26(36)32-18-10-11-24(35)19(12-18)22-13-23(16-6-7-16)34(33-22)27(37)31-14-15-4-8-17(30)9-5-15/h1-5,8-13,16,35H,6-7,14H2,(H,31,37)(H,32,36). The maximum Gasteiger partial charge on any atom is 0.342 e. The van der Waals surface area contributed by atoms with Gasteiger partial charge in [0.15, 0.2) is 0 Å². The second kappa shape index (κ2) is 10.2. The fraction of sp³-hybridized carbons (Fsp3) is 0.148. The lowest BCUT2D eigenvalue weighted by Gasteiger charge is -2.10. The molecule has 3 N–H and O–H groups in total. The van der Waals surface area contributed by atoms with E-state index in [2.05, 4.69) is 15.7 Å². The molecule has 1 saturated carbocycles. The number of hydrogen-bond acceptors (Lipinski definition) is 4. The van der Waals surface area contributed by atoms with Crippen molar-refractivity contribution in [3.05, 3.63) is 99.4 Å². The molecule has 1 aliphatic rings. The highest BCUT2D eigenvalue weighted by Crippen LogP contribution is 2.42. The van der Waals surface area contributed by atoms with Crippen molar-refractivity contribution in [1.82, 2.24) is 15.1 Å². The number of anilines is 1. The molecule has 0 unspecified atom stereocenters. The Morgan fingerprint density at radius 2 is 1.73 bits per heavy atom. The summed E-state index contributed by atoms with van der Waals surface area (Å²) in [6.07, 6.45) is 1.86. The number of phenolic OH excluding ortho intramolecular Hbond substituents is 1. The van der Waals surface area contributed by atoms with Crippen molar-refractivity contribution in [2.45, 2.75) is 25.3 Å². The van der Waals surface area contributed by atoms with Crippen molar-refractivity contribution in [2.75, 3.05) is 5.32 Å². The SMILES string of the molecule is O=C(Nc1ccc(O)c(-c2cc(C3CC3)n(C(=O)NCc3ccc(F)cc3)n2)c1)c1c(Cl)cccc1Cl. The van der Waals surface area contributed by atoms with Gasteiger partial charge in [-0.05, 0) is 66.9 Å². The average molecular weight is 539 g/mol. The number of amides is 2. The molecule has 2 amide bonds.